The van der Waals surface area contributed by atoms with Crippen molar-refractivity contribution in [1.29, 1.82) is 0 Å². The summed E-state index contributed by atoms with van der Waals surface area (Å²) in [6.45, 7) is 0. The number of nitrogens with zero attached hydrogens (tertiary/aromatic N) is 2. The van der Waals surface area contributed by atoms with E-state index in [4.69, 9.17) is 4.74 Å². The minimum atomic E-state index is -4.43. The zero-order valence-corrected chi connectivity index (χ0v) is 12.0. The largest absolute Gasteiger partial charge is 0.414 e. The lowest BCUT2D eigenvalue weighted by Gasteiger charge is -2.16. The fraction of sp³-hybridized carbons (Fsp3) is 0.333. The van der Waals surface area contributed by atoms with Crippen LogP contribution in [-0.2, 0) is 9.53 Å². The van der Waals surface area contributed by atoms with Crippen molar-refractivity contribution in [2.45, 2.75) is 31.2 Å². The van der Waals surface area contributed by atoms with Gasteiger partial charge >= 0.3 is 6.18 Å². The number of carbonyl (C=O) groups excluding carboxylic acids is 1. The standard InChI is InChI=1S/C15H14F3N3O2/c16-15(17,18)13-5-4-12(23-13)14(22)20-10-2-1-3-11(8-10)21-7-6-19-9-21/h1-3,6-9,12-13H,4-5H2,(H,20,22)/t12-,13+/m1/s1. The molecule has 0 radical (unpaired) electrons. The van der Waals surface area contributed by atoms with Crippen LogP contribution in [0.3, 0.4) is 0 Å². The number of imidazole rings is 1. The molecule has 0 bridgehead atoms. The molecule has 122 valence electrons. The monoisotopic (exact) mass is 325 g/mol. The molecule has 2 aromatic rings. The number of ether oxygens (including phenoxy) is 1. The molecule has 23 heavy (non-hydrogen) atoms. The zero-order chi connectivity index (χ0) is 16.4. The van der Waals surface area contributed by atoms with Gasteiger partial charge in [-0.05, 0) is 31.0 Å². The molecular weight excluding hydrogens is 311 g/mol. The molecule has 5 nitrogen and oxygen atoms in total. The van der Waals surface area contributed by atoms with Crippen molar-refractivity contribution in [3.8, 4) is 5.69 Å². The van der Waals surface area contributed by atoms with Gasteiger partial charge in [-0.2, -0.15) is 13.2 Å². The predicted molar refractivity (Wildman–Crippen MR) is 76.1 cm³/mol. The first kappa shape index (κ1) is 15.5. The molecule has 1 aliphatic rings. The van der Waals surface area contributed by atoms with E-state index in [-0.39, 0.29) is 12.8 Å². The first-order valence-electron chi connectivity index (χ1n) is 7.05. The number of anilines is 1. The highest BCUT2D eigenvalue weighted by atomic mass is 19.4. The molecule has 0 saturated carbocycles. The molecule has 2 atom stereocenters. The maximum atomic E-state index is 12.6. The maximum absolute atomic E-state index is 12.6. The van der Waals surface area contributed by atoms with Crippen molar-refractivity contribution in [2.75, 3.05) is 5.32 Å². The van der Waals surface area contributed by atoms with Gasteiger partial charge in [0.1, 0.15) is 6.10 Å². The van der Waals surface area contributed by atoms with Crippen LogP contribution in [0.15, 0.2) is 43.0 Å². The van der Waals surface area contributed by atoms with E-state index in [0.29, 0.717) is 5.69 Å². The Morgan fingerprint density at radius 2 is 2.17 bits per heavy atom. The average Bonchev–Trinajstić information content (AvgIpc) is 3.19. The van der Waals surface area contributed by atoms with Crippen molar-refractivity contribution in [1.82, 2.24) is 9.55 Å². The van der Waals surface area contributed by atoms with Gasteiger partial charge in [-0.15, -0.1) is 0 Å². The molecular formula is C15H14F3N3O2. The van der Waals surface area contributed by atoms with Gasteiger partial charge in [0.15, 0.2) is 6.10 Å². The first-order valence-corrected chi connectivity index (χ1v) is 7.05. The Bertz CT molecular complexity index is 686. The van der Waals surface area contributed by atoms with Crippen LogP contribution >= 0.6 is 0 Å². The fourth-order valence-corrected chi connectivity index (χ4v) is 2.45. The van der Waals surface area contributed by atoms with E-state index in [1.807, 2.05) is 6.07 Å². The molecule has 1 aromatic heterocycles. The van der Waals surface area contributed by atoms with Crippen LogP contribution in [-0.4, -0.2) is 33.8 Å². The van der Waals surface area contributed by atoms with Crippen molar-refractivity contribution in [2.24, 2.45) is 0 Å². The summed E-state index contributed by atoms with van der Waals surface area (Å²) in [6, 6.07) is 6.92. The van der Waals surface area contributed by atoms with E-state index >= 15 is 0 Å². The first-order chi connectivity index (χ1) is 10.9. The summed E-state index contributed by atoms with van der Waals surface area (Å²) in [4.78, 5) is 16.0. The molecule has 1 aromatic carbocycles. The van der Waals surface area contributed by atoms with Crippen LogP contribution < -0.4 is 5.32 Å². The molecule has 1 saturated heterocycles. The molecule has 2 heterocycles. The Morgan fingerprint density at radius 3 is 2.83 bits per heavy atom. The molecule has 0 aliphatic carbocycles. The van der Waals surface area contributed by atoms with Crippen molar-refractivity contribution in [3.05, 3.63) is 43.0 Å². The summed E-state index contributed by atoms with van der Waals surface area (Å²) in [6.07, 6.45) is -2.56. The highest BCUT2D eigenvalue weighted by Gasteiger charge is 2.47. The second-order valence-corrected chi connectivity index (χ2v) is 5.24. The van der Waals surface area contributed by atoms with Crippen LogP contribution in [0.4, 0.5) is 18.9 Å². The van der Waals surface area contributed by atoms with Crippen LogP contribution in [0.5, 0.6) is 0 Å². The topological polar surface area (TPSA) is 56.2 Å². The number of hydrogen-bond acceptors (Lipinski definition) is 3. The van der Waals surface area contributed by atoms with Crippen LogP contribution in [0.2, 0.25) is 0 Å². The normalized spacial score (nSPS) is 21.3. The third-order valence-electron chi connectivity index (χ3n) is 3.59. The van der Waals surface area contributed by atoms with E-state index in [0.717, 1.165) is 5.69 Å². The van der Waals surface area contributed by atoms with Gasteiger partial charge in [0.2, 0.25) is 0 Å². The van der Waals surface area contributed by atoms with E-state index in [9.17, 15) is 18.0 Å². The van der Waals surface area contributed by atoms with Gasteiger partial charge in [-0.1, -0.05) is 6.07 Å². The van der Waals surface area contributed by atoms with Crippen molar-refractivity contribution in [3.63, 3.8) is 0 Å². The number of amides is 1. The third-order valence-corrected chi connectivity index (χ3v) is 3.59. The molecule has 0 unspecified atom stereocenters. The minimum Gasteiger partial charge on any atom is -0.356 e. The quantitative estimate of drug-likeness (QED) is 0.944. The summed E-state index contributed by atoms with van der Waals surface area (Å²) >= 11 is 0. The summed E-state index contributed by atoms with van der Waals surface area (Å²) < 4.78 is 44.3. The summed E-state index contributed by atoms with van der Waals surface area (Å²) in [5.41, 5.74) is 1.26. The van der Waals surface area contributed by atoms with Gasteiger partial charge in [-0.3, -0.25) is 4.79 Å². The third kappa shape index (κ3) is 3.53. The number of benzene rings is 1. The van der Waals surface area contributed by atoms with E-state index in [1.165, 1.54) is 0 Å². The lowest BCUT2D eigenvalue weighted by Crippen LogP contribution is -2.33. The Hall–Kier alpha value is -2.35. The molecule has 8 heteroatoms. The second kappa shape index (κ2) is 6.04. The Labute approximate surface area is 130 Å². The molecule has 1 aliphatic heterocycles. The molecule has 3 rings (SSSR count). The van der Waals surface area contributed by atoms with Crippen molar-refractivity contribution < 1.29 is 22.7 Å². The minimum absolute atomic E-state index is 0.0528. The average molecular weight is 325 g/mol. The molecule has 1 fully saturated rings. The number of carbonyl (C=O) groups is 1. The summed E-state index contributed by atoms with van der Waals surface area (Å²) in [5.74, 6) is -0.570. The Morgan fingerprint density at radius 1 is 1.35 bits per heavy atom. The van der Waals surface area contributed by atoms with Crippen LogP contribution in [0, 0.1) is 0 Å². The predicted octanol–water partition coefficient (Wildman–Crippen LogP) is 2.92. The van der Waals surface area contributed by atoms with Crippen LogP contribution in [0.1, 0.15) is 12.8 Å². The number of hydrogen-bond donors (Lipinski definition) is 1. The maximum Gasteiger partial charge on any atom is 0.414 e. The fourth-order valence-electron chi connectivity index (χ4n) is 2.45. The van der Waals surface area contributed by atoms with Crippen molar-refractivity contribution >= 4 is 11.6 Å². The molecule has 0 spiro atoms. The van der Waals surface area contributed by atoms with Gasteiger partial charge in [-0.25, -0.2) is 4.98 Å². The molecule has 1 N–H and O–H groups in total. The number of nitrogens with one attached hydrogen (secondary N) is 1. The van der Waals surface area contributed by atoms with E-state index in [2.05, 4.69) is 10.3 Å². The molecule has 1 amide bonds. The Kier molecular flexibility index (Phi) is 4.08. The highest BCUT2D eigenvalue weighted by molar-refractivity contribution is 5.94. The van der Waals surface area contributed by atoms with Crippen LogP contribution in [0.25, 0.3) is 5.69 Å². The SMILES string of the molecule is O=C(Nc1cccc(-n2ccnc2)c1)[C@H]1CC[C@@H](C(F)(F)F)O1. The van der Waals surface area contributed by atoms with Gasteiger partial charge in [0.25, 0.3) is 5.91 Å². The summed E-state index contributed by atoms with van der Waals surface area (Å²) in [7, 11) is 0. The number of rotatable bonds is 3. The lowest BCUT2D eigenvalue weighted by atomic mass is 10.2. The second-order valence-electron chi connectivity index (χ2n) is 5.24. The highest BCUT2D eigenvalue weighted by Crippen LogP contribution is 2.33. The Balaban J connectivity index is 1.66. The zero-order valence-electron chi connectivity index (χ0n) is 12.0. The van der Waals surface area contributed by atoms with Gasteiger partial charge < -0.3 is 14.6 Å². The van der Waals surface area contributed by atoms with E-state index in [1.54, 1.807) is 41.5 Å². The van der Waals surface area contributed by atoms with E-state index < -0.39 is 24.3 Å². The number of alkyl halides is 3. The van der Waals surface area contributed by atoms with Gasteiger partial charge in [0, 0.05) is 23.8 Å². The lowest BCUT2D eigenvalue weighted by molar-refractivity contribution is -0.213. The smallest absolute Gasteiger partial charge is 0.356 e. The van der Waals surface area contributed by atoms with Gasteiger partial charge in [0.05, 0.1) is 6.33 Å². The summed E-state index contributed by atoms with van der Waals surface area (Å²) in [5, 5.41) is 2.59. The number of halogens is 3. The number of aromatic nitrogens is 2.